The number of rotatable bonds is 3. The fourth-order valence-corrected chi connectivity index (χ4v) is 3.77. The minimum atomic E-state index is -0.291. The van der Waals surface area contributed by atoms with Crippen LogP contribution in [-0.4, -0.2) is 0 Å². The average Bonchev–Trinajstić information content (AvgIpc) is 2.93. The Kier molecular flexibility index (Phi) is 3.85. The van der Waals surface area contributed by atoms with Crippen molar-refractivity contribution in [1.82, 2.24) is 5.43 Å². The van der Waals surface area contributed by atoms with Crippen LogP contribution >= 0.6 is 27.3 Å². The van der Waals surface area contributed by atoms with Crippen LogP contribution in [0.15, 0.2) is 52.3 Å². The Morgan fingerprint density at radius 2 is 1.85 bits per heavy atom. The van der Waals surface area contributed by atoms with Gasteiger partial charge in [-0.2, -0.15) is 0 Å². The van der Waals surface area contributed by atoms with Crippen molar-refractivity contribution in [2.75, 3.05) is 0 Å². The number of benzene rings is 2. The molecule has 102 valence electrons. The third-order valence-corrected chi connectivity index (χ3v) is 5.10. The molecule has 0 spiro atoms. The van der Waals surface area contributed by atoms with Crippen molar-refractivity contribution in [2.24, 2.45) is 5.84 Å². The van der Waals surface area contributed by atoms with Crippen LogP contribution in [0.4, 0.5) is 4.39 Å². The topological polar surface area (TPSA) is 38.0 Å². The zero-order valence-electron chi connectivity index (χ0n) is 10.4. The van der Waals surface area contributed by atoms with Crippen molar-refractivity contribution in [2.45, 2.75) is 6.04 Å². The summed E-state index contributed by atoms with van der Waals surface area (Å²) in [6.07, 6.45) is 0. The number of nitrogens with two attached hydrogens (primary N) is 1. The van der Waals surface area contributed by atoms with Gasteiger partial charge in [-0.05, 0) is 50.0 Å². The van der Waals surface area contributed by atoms with Crippen LogP contribution in [0.25, 0.3) is 10.1 Å². The van der Waals surface area contributed by atoms with E-state index < -0.39 is 0 Å². The lowest BCUT2D eigenvalue weighted by Crippen LogP contribution is -2.29. The molecule has 3 aromatic rings. The number of thiophene rings is 1. The summed E-state index contributed by atoms with van der Waals surface area (Å²) in [6, 6.07) is 12.8. The van der Waals surface area contributed by atoms with E-state index in [4.69, 9.17) is 5.84 Å². The van der Waals surface area contributed by atoms with E-state index >= 15 is 0 Å². The van der Waals surface area contributed by atoms with Gasteiger partial charge in [-0.15, -0.1) is 11.3 Å². The molecule has 1 atom stereocenters. The summed E-state index contributed by atoms with van der Waals surface area (Å²) in [5.41, 5.74) is 4.63. The summed E-state index contributed by atoms with van der Waals surface area (Å²) < 4.78 is 15.3. The highest BCUT2D eigenvalue weighted by Gasteiger charge is 2.19. The van der Waals surface area contributed by atoms with E-state index in [0.29, 0.717) is 4.47 Å². The molecule has 2 aromatic carbocycles. The van der Waals surface area contributed by atoms with Gasteiger partial charge in [0, 0.05) is 4.70 Å². The summed E-state index contributed by atoms with van der Waals surface area (Å²) in [5, 5.41) is 3.21. The zero-order chi connectivity index (χ0) is 14.1. The molecule has 1 aromatic heterocycles. The predicted octanol–water partition coefficient (Wildman–Crippen LogP) is 4.36. The van der Waals surface area contributed by atoms with Crippen LogP contribution in [0, 0.1) is 5.82 Å². The third-order valence-electron chi connectivity index (χ3n) is 3.28. The smallest absolute Gasteiger partial charge is 0.137 e. The second-order valence-corrected chi connectivity index (χ2v) is 6.14. The molecule has 0 aliphatic heterocycles. The normalized spacial score (nSPS) is 12.8. The van der Waals surface area contributed by atoms with Gasteiger partial charge in [-0.1, -0.05) is 30.3 Å². The average molecular weight is 351 g/mol. The lowest BCUT2D eigenvalue weighted by atomic mass is 9.98. The highest BCUT2D eigenvalue weighted by molar-refractivity contribution is 9.10. The number of halogens is 2. The fourth-order valence-electron chi connectivity index (χ4n) is 2.33. The van der Waals surface area contributed by atoms with Crippen molar-refractivity contribution < 1.29 is 4.39 Å². The van der Waals surface area contributed by atoms with Gasteiger partial charge in [-0.3, -0.25) is 5.84 Å². The van der Waals surface area contributed by atoms with Crippen LogP contribution in [0.2, 0.25) is 0 Å². The molecule has 0 amide bonds. The van der Waals surface area contributed by atoms with E-state index in [1.54, 1.807) is 17.4 Å². The molecule has 20 heavy (non-hydrogen) atoms. The van der Waals surface area contributed by atoms with Gasteiger partial charge in [0.1, 0.15) is 5.82 Å². The van der Waals surface area contributed by atoms with Crippen LogP contribution in [0.1, 0.15) is 17.2 Å². The van der Waals surface area contributed by atoms with Gasteiger partial charge >= 0.3 is 0 Å². The molecule has 0 fully saturated rings. The molecule has 1 unspecified atom stereocenters. The van der Waals surface area contributed by atoms with E-state index in [1.807, 2.05) is 23.6 Å². The summed E-state index contributed by atoms with van der Waals surface area (Å²) in [6.45, 7) is 0. The molecule has 0 saturated heterocycles. The first kappa shape index (κ1) is 13.7. The number of fused-ring (bicyclic) bond motifs is 1. The molecule has 0 saturated carbocycles. The Morgan fingerprint density at radius 1 is 1.10 bits per heavy atom. The van der Waals surface area contributed by atoms with Crippen molar-refractivity contribution in [3.05, 3.63) is 69.3 Å². The SMILES string of the molecule is NNC(c1cccc(F)c1Br)c1cccc2ccsc12. The zero-order valence-corrected chi connectivity index (χ0v) is 12.8. The van der Waals surface area contributed by atoms with Gasteiger partial charge in [0.25, 0.3) is 0 Å². The van der Waals surface area contributed by atoms with Gasteiger partial charge in [0.2, 0.25) is 0 Å². The van der Waals surface area contributed by atoms with Gasteiger partial charge in [0.15, 0.2) is 0 Å². The Morgan fingerprint density at radius 3 is 2.65 bits per heavy atom. The maximum Gasteiger partial charge on any atom is 0.137 e. The quantitative estimate of drug-likeness (QED) is 0.544. The molecular weight excluding hydrogens is 339 g/mol. The first-order chi connectivity index (χ1) is 9.72. The van der Waals surface area contributed by atoms with E-state index in [-0.39, 0.29) is 11.9 Å². The van der Waals surface area contributed by atoms with E-state index in [9.17, 15) is 4.39 Å². The number of hydrogen-bond donors (Lipinski definition) is 2. The molecule has 3 rings (SSSR count). The summed E-state index contributed by atoms with van der Waals surface area (Å²) in [4.78, 5) is 0. The first-order valence-corrected chi connectivity index (χ1v) is 7.76. The molecule has 1 heterocycles. The Labute approximate surface area is 128 Å². The standard InChI is InChI=1S/C15H12BrFN2S/c16-13-10(4-2-6-12(13)17)14(19-18)11-5-1-3-9-7-8-20-15(9)11/h1-8,14,19H,18H2. The molecule has 2 nitrogen and oxygen atoms in total. The lowest BCUT2D eigenvalue weighted by molar-refractivity contribution is 0.599. The highest BCUT2D eigenvalue weighted by Crippen LogP contribution is 2.35. The summed E-state index contributed by atoms with van der Waals surface area (Å²) >= 11 is 4.96. The highest BCUT2D eigenvalue weighted by atomic mass is 79.9. The molecule has 0 radical (unpaired) electrons. The minimum Gasteiger partial charge on any atom is -0.271 e. The molecule has 0 bridgehead atoms. The number of hydrazine groups is 1. The molecule has 5 heteroatoms. The van der Waals surface area contributed by atoms with Crippen LogP contribution in [0.3, 0.4) is 0 Å². The Balaban J connectivity index is 2.19. The van der Waals surface area contributed by atoms with Crippen molar-refractivity contribution >= 4 is 37.4 Å². The maximum atomic E-state index is 13.7. The number of hydrogen-bond acceptors (Lipinski definition) is 3. The number of nitrogens with one attached hydrogen (secondary N) is 1. The first-order valence-electron chi connectivity index (χ1n) is 6.08. The molecule has 0 aliphatic rings. The fraction of sp³-hybridized carbons (Fsp3) is 0.0667. The largest absolute Gasteiger partial charge is 0.271 e. The predicted molar refractivity (Wildman–Crippen MR) is 85.1 cm³/mol. The molecule has 0 aliphatic carbocycles. The monoisotopic (exact) mass is 350 g/mol. The van der Waals surface area contributed by atoms with Crippen molar-refractivity contribution in [3.8, 4) is 0 Å². The summed E-state index contributed by atoms with van der Waals surface area (Å²) in [5.74, 6) is 5.44. The van der Waals surface area contributed by atoms with Crippen LogP contribution in [0.5, 0.6) is 0 Å². The Bertz CT molecular complexity index is 756. The van der Waals surface area contributed by atoms with Crippen LogP contribution < -0.4 is 11.3 Å². The van der Waals surface area contributed by atoms with E-state index in [0.717, 1.165) is 15.8 Å². The lowest BCUT2D eigenvalue weighted by Gasteiger charge is -2.19. The van der Waals surface area contributed by atoms with Gasteiger partial charge in [-0.25, -0.2) is 9.82 Å². The van der Waals surface area contributed by atoms with E-state index in [2.05, 4.69) is 33.5 Å². The van der Waals surface area contributed by atoms with Crippen molar-refractivity contribution in [1.29, 1.82) is 0 Å². The molecular formula is C15H12BrFN2S. The second-order valence-electron chi connectivity index (χ2n) is 4.43. The third kappa shape index (κ3) is 2.27. The second kappa shape index (κ2) is 5.61. The summed E-state index contributed by atoms with van der Waals surface area (Å²) in [7, 11) is 0. The van der Waals surface area contributed by atoms with Gasteiger partial charge in [0.05, 0.1) is 10.5 Å². The molecule has 3 N–H and O–H groups in total. The van der Waals surface area contributed by atoms with E-state index in [1.165, 1.54) is 11.5 Å². The minimum absolute atomic E-state index is 0.262. The van der Waals surface area contributed by atoms with Gasteiger partial charge < -0.3 is 0 Å². The van der Waals surface area contributed by atoms with Crippen molar-refractivity contribution in [3.63, 3.8) is 0 Å². The van der Waals surface area contributed by atoms with Crippen LogP contribution in [-0.2, 0) is 0 Å². The maximum absolute atomic E-state index is 13.7. The Hall–Kier alpha value is -1.27.